The van der Waals surface area contributed by atoms with E-state index in [4.69, 9.17) is 4.74 Å². The lowest BCUT2D eigenvalue weighted by Gasteiger charge is -2.11. The van der Waals surface area contributed by atoms with Gasteiger partial charge in [-0.15, -0.1) is 0 Å². The van der Waals surface area contributed by atoms with E-state index in [0.29, 0.717) is 16.8 Å². The molecule has 0 radical (unpaired) electrons. The predicted molar refractivity (Wildman–Crippen MR) is 117 cm³/mol. The van der Waals surface area contributed by atoms with Crippen molar-refractivity contribution in [2.45, 2.75) is 13.8 Å². The molecule has 0 unspecified atom stereocenters. The van der Waals surface area contributed by atoms with Crippen LogP contribution >= 0.6 is 0 Å². The van der Waals surface area contributed by atoms with Gasteiger partial charge in [0, 0.05) is 25.3 Å². The number of azo groups is 1. The van der Waals surface area contributed by atoms with Gasteiger partial charge in [0.05, 0.1) is 23.5 Å². The Morgan fingerprint density at radius 3 is 2.33 bits per heavy atom. The molecule has 0 aliphatic rings. The van der Waals surface area contributed by atoms with Crippen molar-refractivity contribution >= 4 is 23.0 Å². The molecule has 0 heterocycles. The largest absolute Gasteiger partial charge is 0.462 e. The van der Waals surface area contributed by atoms with Crippen LogP contribution in [0.3, 0.4) is 0 Å². The number of anilines is 1. The average molecular weight is 405 g/mol. The quantitative estimate of drug-likeness (QED) is 0.349. The van der Waals surface area contributed by atoms with Gasteiger partial charge in [0.15, 0.2) is 0 Å². The molecule has 0 atom stereocenters. The molecule has 0 aliphatic heterocycles. The summed E-state index contributed by atoms with van der Waals surface area (Å²) in [7, 11) is 3.96. The molecular formula is C24H24FN3O2. The minimum absolute atomic E-state index is 0.195. The fourth-order valence-corrected chi connectivity index (χ4v) is 2.95. The zero-order valence-electron chi connectivity index (χ0n) is 17.5. The number of hydrogen-bond donors (Lipinski definition) is 0. The van der Waals surface area contributed by atoms with Crippen molar-refractivity contribution in [1.82, 2.24) is 0 Å². The summed E-state index contributed by atoms with van der Waals surface area (Å²) in [6.07, 6.45) is 0. The van der Waals surface area contributed by atoms with Gasteiger partial charge in [-0.2, -0.15) is 10.2 Å². The van der Waals surface area contributed by atoms with E-state index in [1.807, 2.05) is 56.3 Å². The summed E-state index contributed by atoms with van der Waals surface area (Å²) in [5.74, 6) is -1.01. The van der Waals surface area contributed by atoms with Crippen LogP contribution < -0.4 is 4.90 Å². The molecule has 0 fully saturated rings. The summed E-state index contributed by atoms with van der Waals surface area (Å²) in [5.41, 5.74) is 4.73. The van der Waals surface area contributed by atoms with E-state index in [0.717, 1.165) is 16.9 Å². The third-order valence-electron chi connectivity index (χ3n) is 4.63. The molecule has 3 rings (SSSR count). The lowest BCUT2D eigenvalue weighted by atomic mass is 10.0. The second-order valence-corrected chi connectivity index (χ2v) is 7.03. The van der Waals surface area contributed by atoms with Crippen LogP contribution in [-0.4, -0.2) is 26.7 Å². The van der Waals surface area contributed by atoms with Crippen LogP contribution in [0.25, 0.3) is 11.1 Å². The van der Waals surface area contributed by atoms with Gasteiger partial charge in [0.1, 0.15) is 5.82 Å². The molecule has 30 heavy (non-hydrogen) atoms. The molecule has 3 aromatic rings. The predicted octanol–water partition coefficient (Wildman–Crippen LogP) is 6.46. The number of carbonyl (C=O) groups is 1. The molecule has 6 heteroatoms. The molecule has 0 aromatic heterocycles. The van der Waals surface area contributed by atoms with E-state index in [1.54, 1.807) is 31.2 Å². The molecule has 0 spiro atoms. The van der Waals surface area contributed by atoms with Crippen molar-refractivity contribution in [3.8, 4) is 11.1 Å². The maximum Gasteiger partial charge on any atom is 0.338 e. The number of ether oxygens (including phenoxy) is 1. The summed E-state index contributed by atoms with van der Waals surface area (Å²) >= 11 is 0. The number of halogens is 1. The summed E-state index contributed by atoms with van der Waals surface area (Å²) in [5, 5.41) is 8.61. The van der Waals surface area contributed by atoms with Crippen LogP contribution in [-0.2, 0) is 4.74 Å². The smallest absolute Gasteiger partial charge is 0.338 e. The van der Waals surface area contributed by atoms with E-state index < -0.39 is 11.8 Å². The maximum atomic E-state index is 14.6. The first-order valence-corrected chi connectivity index (χ1v) is 9.66. The zero-order chi connectivity index (χ0) is 21.7. The Morgan fingerprint density at radius 2 is 1.73 bits per heavy atom. The van der Waals surface area contributed by atoms with Crippen molar-refractivity contribution in [3.05, 3.63) is 77.6 Å². The Labute approximate surface area is 175 Å². The van der Waals surface area contributed by atoms with E-state index in [-0.39, 0.29) is 12.2 Å². The summed E-state index contributed by atoms with van der Waals surface area (Å²) in [6, 6.07) is 17.6. The number of nitrogens with zero attached hydrogens (tertiary/aromatic N) is 3. The number of esters is 1. The van der Waals surface area contributed by atoms with Crippen molar-refractivity contribution in [2.24, 2.45) is 10.2 Å². The van der Waals surface area contributed by atoms with Crippen LogP contribution in [0.1, 0.15) is 22.8 Å². The first-order valence-electron chi connectivity index (χ1n) is 9.66. The Balaban J connectivity index is 1.80. The van der Waals surface area contributed by atoms with Crippen LogP contribution in [0.4, 0.5) is 21.5 Å². The van der Waals surface area contributed by atoms with Gasteiger partial charge in [-0.25, -0.2) is 9.18 Å². The van der Waals surface area contributed by atoms with Gasteiger partial charge >= 0.3 is 5.97 Å². The molecule has 0 aliphatic carbocycles. The third-order valence-corrected chi connectivity index (χ3v) is 4.63. The number of aryl methyl sites for hydroxylation is 1. The molecule has 154 valence electrons. The highest BCUT2D eigenvalue weighted by molar-refractivity contribution is 5.90. The number of rotatable bonds is 6. The number of carbonyl (C=O) groups excluding carboxylic acids is 1. The standard InChI is InChI=1S/C24H24FN3O2/c1-5-30-24(29)18-6-12-21(22(25)15-18)17-7-13-23(16(2)14-17)27-26-19-8-10-20(11-9-19)28(3)4/h6-15H,5H2,1-4H3. The number of benzene rings is 3. The first-order chi connectivity index (χ1) is 14.4. The van der Waals surface area contributed by atoms with Gasteiger partial charge in [0.25, 0.3) is 0 Å². The van der Waals surface area contributed by atoms with Crippen molar-refractivity contribution < 1.29 is 13.9 Å². The topological polar surface area (TPSA) is 54.3 Å². The van der Waals surface area contributed by atoms with Crippen molar-refractivity contribution in [3.63, 3.8) is 0 Å². The Bertz CT molecular complexity index is 1080. The second-order valence-electron chi connectivity index (χ2n) is 7.03. The van der Waals surface area contributed by atoms with Crippen LogP contribution in [0, 0.1) is 12.7 Å². The average Bonchev–Trinajstić information content (AvgIpc) is 2.73. The van der Waals surface area contributed by atoms with Crippen LogP contribution in [0.15, 0.2) is 70.9 Å². The van der Waals surface area contributed by atoms with E-state index in [2.05, 4.69) is 10.2 Å². The SMILES string of the molecule is CCOC(=O)c1ccc(-c2ccc(N=Nc3ccc(N(C)C)cc3)c(C)c2)c(F)c1. The third kappa shape index (κ3) is 4.89. The fraction of sp³-hybridized carbons (Fsp3) is 0.208. The van der Waals surface area contributed by atoms with Gasteiger partial charge in [-0.3, -0.25) is 0 Å². The second kappa shape index (κ2) is 9.31. The van der Waals surface area contributed by atoms with Crippen LogP contribution in [0.5, 0.6) is 0 Å². The van der Waals surface area contributed by atoms with Gasteiger partial charge in [-0.05, 0) is 73.5 Å². The normalized spacial score (nSPS) is 11.0. The summed E-state index contributed by atoms with van der Waals surface area (Å²) in [6.45, 7) is 3.86. The van der Waals surface area contributed by atoms with Crippen molar-refractivity contribution in [1.29, 1.82) is 0 Å². The lowest BCUT2D eigenvalue weighted by molar-refractivity contribution is 0.0526. The molecule has 0 N–H and O–H groups in total. The van der Waals surface area contributed by atoms with E-state index in [9.17, 15) is 9.18 Å². The Hall–Kier alpha value is -3.54. The van der Waals surface area contributed by atoms with Crippen molar-refractivity contribution in [2.75, 3.05) is 25.6 Å². The summed E-state index contributed by atoms with van der Waals surface area (Å²) in [4.78, 5) is 13.8. The molecular weight excluding hydrogens is 381 g/mol. The lowest BCUT2D eigenvalue weighted by Crippen LogP contribution is -2.07. The van der Waals surface area contributed by atoms with E-state index in [1.165, 1.54) is 6.07 Å². The molecule has 5 nitrogen and oxygen atoms in total. The highest BCUT2D eigenvalue weighted by Crippen LogP contribution is 2.30. The molecule has 0 saturated heterocycles. The van der Waals surface area contributed by atoms with E-state index >= 15 is 0 Å². The minimum atomic E-state index is -0.534. The molecule has 0 saturated carbocycles. The van der Waals surface area contributed by atoms with Gasteiger partial charge in [0.2, 0.25) is 0 Å². The highest BCUT2D eigenvalue weighted by atomic mass is 19.1. The molecule has 0 bridgehead atoms. The zero-order valence-corrected chi connectivity index (χ0v) is 17.5. The highest BCUT2D eigenvalue weighted by Gasteiger charge is 2.12. The molecule has 3 aromatic carbocycles. The summed E-state index contributed by atoms with van der Waals surface area (Å²) < 4.78 is 19.5. The minimum Gasteiger partial charge on any atom is -0.462 e. The first kappa shape index (κ1) is 21.2. The Kier molecular flexibility index (Phi) is 6.57. The Morgan fingerprint density at radius 1 is 1.00 bits per heavy atom. The monoisotopic (exact) mass is 405 g/mol. The maximum absolute atomic E-state index is 14.6. The fourth-order valence-electron chi connectivity index (χ4n) is 2.95. The van der Waals surface area contributed by atoms with Gasteiger partial charge < -0.3 is 9.64 Å². The number of hydrogen-bond acceptors (Lipinski definition) is 5. The molecule has 0 amide bonds. The van der Waals surface area contributed by atoms with Gasteiger partial charge in [-0.1, -0.05) is 12.1 Å². The van der Waals surface area contributed by atoms with Crippen LogP contribution in [0.2, 0.25) is 0 Å².